The Balaban J connectivity index is 1.74. The summed E-state index contributed by atoms with van der Waals surface area (Å²) in [7, 11) is -3.32. The number of thiazole rings is 1. The highest BCUT2D eigenvalue weighted by atomic mass is 32.2. The zero-order valence-electron chi connectivity index (χ0n) is 16.8. The van der Waals surface area contributed by atoms with Gasteiger partial charge in [-0.2, -0.15) is 17.6 Å². The molecule has 1 atom stereocenters. The third-order valence-electron chi connectivity index (χ3n) is 5.06. The van der Waals surface area contributed by atoms with Crippen LogP contribution in [0.4, 0.5) is 8.78 Å². The van der Waals surface area contributed by atoms with Gasteiger partial charge in [0.1, 0.15) is 11.6 Å². The van der Waals surface area contributed by atoms with Crippen LogP contribution >= 0.6 is 11.3 Å². The average Bonchev–Trinajstić information content (AvgIpc) is 3.19. The van der Waals surface area contributed by atoms with Gasteiger partial charge in [-0.15, -0.1) is 5.10 Å². The zero-order valence-corrected chi connectivity index (χ0v) is 18.4. The van der Waals surface area contributed by atoms with Crippen LogP contribution < -0.4 is 4.74 Å². The fraction of sp³-hybridized carbons (Fsp3) is 0.444. The van der Waals surface area contributed by atoms with E-state index in [1.807, 2.05) is 4.90 Å². The highest BCUT2D eigenvalue weighted by Crippen LogP contribution is 2.41. The van der Waals surface area contributed by atoms with Crippen molar-refractivity contribution in [1.82, 2.24) is 23.8 Å². The Hall–Kier alpha value is -2.35. The first-order valence-electron chi connectivity index (χ1n) is 9.42. The Morgan fingerprint density at radius 1 is 1.23 bits per heavy atom. The molecule has 4 rings (SSSR count). The van der Waals surface area contributed by atoms with Gasteiger partial charge in [0.05, 0.1) is 17.2 Å². The summed E-state index contributed by atoms with van der Waals surface area (Å²) in [6.07, 6.45) is 1.17. The third kappa shape index (κ3) is 4.49. The van der Waals surface area contributed by atoms with Crippen LogP contribution in [0.3, 0.4) is 0 Å². The van der Waals surface area contributed by atoms with Crippen LogP contribution in [0.5, 0.6) is 11.6 Å². The van der Waals surface area contributed by atoms with Crippen LogP contribution in [0, 0.1) is 6.92 Å². The van der Waals surface area contributed by atoms with Crippen LogP contribution in [0.2, 0.25) is 0 Å². The Labute approximate surface area is 181 Å². The molecule has 3 heterocycles. The van der Waals surface area contributed by atoms with Gasteiger partial charge in [0.2, 0.25) is 20.9 Å². The fourth-order valence-corrected chi connectivity index (χ4v) is 5.70. The van der Waals surface area contributed by atoms with E-state index in [0.717, 1.165) is 0 Å². The molecule has 1 aliphatic rings. The van der Waals surface area contributed by atoms with E-state index < -0.39 is 22.7 Å². The van der Waals surface area contributed by atoms with Crippen LogP contribution in [0.1, 0.15) is 22.3 Å². The summed E-state index contributed by atoms with van der Waals surface area (Å²) in [5.74, 6) is 0.428. The number of aromatic hydroxyl groups is 1. The summed E-state index contributed by atoms with van der Waals surface area (Å²) >= 11 is 1.24. The van der Waals surface area contributed by atoms with Crippen molar-refractivity contribution in [3.05, 3.63) is 40.5 Å². The minimum Gasteiger partial charge on any atom is -0.492 e. The molecule has 0 aliphatic carbocycles. The van der Waals surface area contributed by atoms with Crippen molar-refractivity contribution in [2.75, 3.05) is 32.4 Å². The van der Waals surface area contributed by atoms with Crippen molar-refractivity contribution >= 4 is 26.3 Å². The minimum absolute atomic E-state index is 0.00191. The lowest BCUT2D eigenvalue weighted by molar-refractivity contribution is -0.0499. The Morgan fingerprint density at radius 3 is 2.55 bits per heavy atom. The quantitative estimate of drug-likeness (QED) is 0.585. The first-order chi connectivity index (χ1) is 14.6. The Kier molecular flexibility index (Phi) is 5.85. The van der Waals surface area contributed by atoms with E-state index in [2.05, 4.69) is 14.8 Å². The number of piperazine rings is 1. The molecule has 1 saturated heterocycles. The van der Waals surface area contributed by atoms with E-state index in [9.17, 15) is 22.3 Å². The van der Waals surface area contributed by atoms with Gasteiger partial charge < -0.3 is 9.84 Å². The van der Waals surface area contributed by atoms with Crippen LogP contribution in [-0.2, 0) is 10.0 Å². The van der Waals surface area contributed by atoms with Gasteiger partial charge in [0, 0.05) is 26.2 Å². The number of benzene rings is 1. The van der Waals surface area contributed by atoms with Gasteiger partial charge in [-0.1, -0.05) is 23.5 Å². The maximum Gasteiger partial charge on any atom is 0.387 e. The number of aryl methyl sites for hydroxylation is 1. The lowest BCUT2D eigenvalue weighted by Crippen LogP contribution is -2.49. The molecular formula is C18H21F2N5O4S2. The summed E-state index contributed by atoms with van der Waals surface area (Å²) in [6.45, 7) is 0.101. The van der Waals surface area contributed by atoms with Gasteiger partial charge in [0.15, 0.2) is 0 Å². The Morgan fingerprint density at radius 2 is 1.94 bits per heavy atom. The number of ether oxygens (including phenoxy) is 1. The Bertz CT molecular complexity index is 1190. The second-order valence-electron chi connectivity index (χ2n) is 7.19. The molecule has 9 nitrogen and oxygen atoms in total. The number of halogens is 2. The number of aromatic nitrogens is 3. The van der Waals surface area contributed by atoms with Crippen molar-refractivity contribution in [2.24, 2.45) is 0 Å². The lowest BCUT2D eigenvalue weighted by atomic mass is 10.0. The topological polar surface area (TPSA) is 100 Å². The van der Waals surface area contributed by atoms with Crippen LogP contribution in [0.15, 0.2) is 24.3 Å². The predicted molar refractivity (Wildman–Crippen MR) is 110 cm³/mol. The SMILES string of the molecule is Cc1nc2sc(C(c3cccc(OC(F)F)c3)N3CCN(S(C)(=O)=O)CC3)c(O)n2n1. The van der Waals surface area contributed by atoms with Gasteiger partial charge >= 0.3 is 6.61 Å². The lowest BCUT2D eigenvalue weighted by Gasteiger charge is -2.38. The molecule has 0 radical (unpaired) electrons. The predicted octanol–water partition coefficient (Wildman–Crippen LogP) is 2.07. The molecule has 3 aromatic rings. The first kappa shape index (κ1) is 21.9. The van der Waals surface area contributed by atoms with Gasteiger partial charge in [-0.25, -0.2) is 13.4 Å². The van der Waals surface area contributed by atoms with E-state index >= 15 is 0 Å². The van der Waals surface area contributed by atoms with E-state index in [1.54, 1.807) is 19.1 Å². The number of hydrogen-bond donors (Lipinski definition) is 1. The number of hydrogen-bond acceptors (Lipinski definition) is 8. The summed E-state index contributed by atoms with van der Waals surface area (Å²) in [5, 5.41) is 15.0. The summed E-state index contributed by atoms with van der Waals surface area (Å²) < 4.78 is 56.5. The number of rotatable bonds is 6. The van der Waals surface area contributed by atoms with Gasteiger partial charge in [0.25, 0.3) is 0 Å². The zero-order chi connectivity index (χ0) is 22.3. The highest BCUT2D eigenvalue weighted by Gasteiger charge is 2.33. The van der Waals surface area contributed by atoms with Crippen molar-refractivity contribution in [3.8, 4) is 11.6 Å². The molecule has 0 saturated carbocycles. The molecule has 0 amide bonds. The molecule has 1 fully saturated rings. The second kappa shape index (κ2) is 8.30. The molecular weight excluding hydrogens is 452 g/mol. The number of nitrogens with zero attached hydrogens (tertiary/aromatic N) is 5. The van der Waals surface area contributed by atoms with Crippen LogP contribution in [0.25, 0.3) is 4.96 Å². The molecule has 168 valence electrons. The molecule has 1 aliphatic heterocycles. The van der Waals surface area contributed by atoms with Crippen molar-refractivity contribution in [1.29, 1.82) is 0 Å². The molecule has 1 aromatic carbocycles. The monoisotopic (exact) mass is 473 g/mol. The molecule has 0 bridgehead atoms. The first-order valence-corrected chi connectivity index (χ1v) is 12.1. The molecule has 1 N–H and O–H groups in total. The van der Waals surface area contributed by atoms with Crippen molar-refractivity contribution < 1.29 is 27.0 Å². The van der Waals surface area contributed by atoms with Crippen LogP contribution in [-0.4, -0.2) is 76.4 Å². The number of fused-ring (bicyclic) bond motifs is 1. The van der Waals surface area contributed by atoms with Crippen molar-refractivity contribution in [3.63, 3.8) is 0 Å². The standard InChI is InChI=1S/C18H21F2N5O4S2/c1-11-21-18-25(22-11)16(26)15(30-18)14(12-4-3-5-13(10-12)29-17(19)20)23-6-8-24(9-7-23)31(2,27)28/h3-5,10,14,17,26H,6-9H2,1-2H3. The average molecular weight is 474 g/mol. The van der Waals surface area contributed by atoms with E-state index in [4.69, 9.17) is 0 Å². The van der Waals surface area contributed by atoms with E-state index in [0.29, 0.717) is 34.3 Å². The minimum atomic E-state index is -3.32. The second-order valence-corrected chi connectivity index (χ2v) is 10.2. The van der Waals surface area contributed by atoms with E-state index in [-0.39, 0.29) is 24.7 Å². The number of alkyl halides is 2. The molecule has 13 heteroatoms. The fourth-order valence-electron chi connectivity index (χ4n) is 3.71. The summed E-state index contributed by atoms with van der Waals surface area (Å²) in [6, 6.07) is 5.77. The van der Waals surface area contributed by atoms with Gasteiger partial charge in [-0.3, -0.25) is 4.90 Å². The molecule has 31 heavy (non-hydrogen) atoms. The number of sulfonamides is 1. The third-order valence-corrected chi connectivity index (χ3v) is 7.44. The summed E-state index contributed by atoms with van der Waals surface area (Å²) in [5.41, 5.74) is 0.627. The maximum absolute atomic E-state index is 12.7. The largest absolute Gasteiger partial charge is 0.492 e. The van der Waals surface area contributed by atoms with E-state index in [1.165, 1.54) is 38.5 Å². The maximum atomic E-state index is 12.7. The van der Waals surface area contributed by atoms with Crippen molar-refractivity contribution in [2.45, 2.75) is 19.6 Å². The molecule has 1 unspecified atom stereocenters. The smallest absolute Gasteiger partial charge is 0.387 e. The van der Waals surface area contributed by atoms with Gasteiger partial charge in [-0.05, 0) is 24.6 Å². The molecule has 2 aromatic heterocycles. The summed E-state index contributed by atoms with van der Waals surface area (Å²) in [4.78, 5) is 7.34. The molecule has 0 spiro atoms. The normalized spacial score (nSPS) is 17.5. The highest BCUT2D eigenvalue weighted by molar-refractivity contribution is 7.88.